The highest BCUT2D eigenvalue weighted by molar-refractivity contribution is 7.51. The number of nitrogens with two attached hydrogens (primary N) is 1. The number of hydrogen-bond acceptors (Lipinski definition) is 5. The van der Waals surface area contributed by atoms with E-state index in [1.54, 1.807) is 0 Å². The van der Waals surface area contributed by atoms with Crippen molar-refractivity contribution in [3.63, 3.8) is 0 Å². The van der Waals surface area contributed by atoms with Crippen molar-refractivity contribution in [2.75, 3.05) is 53.7 Å². The Morgan fingerprint density at radius 3 is 2.50 bits per heavy atom. The highest BCUT2D eigenvalue weighted by Crippen LogP contribution is 2.37. The Morgan fingerprint density at radius 2 is 2.00 bits per heavy atom. The third kappa shape index (κ3) is 11.1. The molecule has 6 nitrogen and oxygen atoms in total. The molecule has 0 rings (SSSR count). The van der Waals surface area contributed by atoms with Crippen LogP contribution in [0.4, 0.5) is 0 Å². The van der Waals surface area contributed by atoms with E-state index in [0.29, 0.717) is 30.7 Å². The Morgan fingerprint density at radius 1 is 1.39 bits per heavy atom. The lowest BCUT2D eigenvalue weighted by Crippen LogP contribution is -2.37. The van der Waals surface area contributed by atoms with Gasteiger partial charge < -0.3 is 28.9 Å². The van der Waals surface area contributed by atoms with Gasteiger partial charge in [-0.15, -0.1) is 0 Å². The molecule has 0 aromatic carbocycles. The van der Waals surface area contributed by atoms with Crippen molar-refractivity contribution in [3.05, 3.63) is 0 Å². The summed E-state index contributed by atoms with van der Waals surface area (Å²) < 4.78 is 22.3. The standard InChI is InChI=1S/C11H27N2O4P/c1-5-16-10-11(12)6-9-18(14,15)17-8-7-13(2,3)4/h11H,5-10,12H2,1-4H3/t11-/m1/s1. The van der Waals surface area contributed by atoms with Crippen LogP contribution in [0.5, 0.6) is 0 Å². The molecule has 0 fully saturated rings. The second-order valence-corrected chi connectivity index (χ2v) is 7.32. The van der Waals surface area contributed by atoms with Gasteiger partial charge in [0.1, 0.15) is 20.7 Å². The van der Waals surface area contributed by atoms with Gasteiger partial charge >= 0.3 is 0 Å². The molecule has 1 unspecified atom stereocenters. The second kappa shape index (κ2) is 8.25. The average molecular weight is 282 g/mol. The summed E-state index contributed by atoms with van der Waals surface area (Å²) in [5.74, 6) is 0. The third-order valence-corrected chi connectivity index (χ3v) is 3.74. The number of ether oxygens (including phenoxy) is 1. The van der Waals surface area contributed by atoms with E-state index in [2.05, 4.69) is 0 Å². The summed E-state index contributed by atoms with van der Waals surface area (Å²) in [6.45, 7) is 3.71. The zero-order chi connectivity index (χ0) is 14.2. The second-order valence-electron chi connectivity index (χ2n) is 5.39. The van der Waals surface area contributed by atoms with Crippen LogP contribution in [-0.4, -0.2) is 64.2 Å². The van der Waals surface area contributed by atoms with E-state index >= 15 is 0 Å². The van der Waals surface area contributed by atoms with Gasteiger partial charge in [-0.2, -0.15) is 0 Å². The monoisotopic (exact) mass is 282 g/mol. The lowest BCUT2D eigenvalue weighted by molar-refractivity contribution is -0.870. The Kier molecular flexibility index (Phi) is 8.26. The van der Waals surface area contributed by atoms with Gasteiger partial charge in [0.2, 0.25) is 0 Å². The first-order valence-electron chi connectivity index (χ1n) is 6.24. The number of hydrogen-bond donors (Lipinski definition) is 1. The predicted molar refractivity (Wildman–Crippen MR) is 70.4 cm³/mol. The lowest BCUT2D eigenvalue weighted by Gasteiger charge is -2.28. The van der Waals surface area contributed by atoms with Gasteiger partial charge in [0.25, 0.3) is 0 Å². The Hall–Kier alpha value is 0.0300. The zero-order valence-electron chi connectivity index (χ0n) is 11.9. The quantitative estimate of drug-likeness (QED) is 0.451. The Bertz CT molecular complexity index is 268. The van der Waals surface area contributed by atoms with E-state index in [4.69, 9.17) is 15.0 Å². The van der Waals surface area contributed by atoms with Gasteiger partial charge in [0, 0.05) is 18.8 Å². The lowest BCUT2D eigenvalue weighted by atomic mass is 10.3. The minimum atomic E-state index is -3.76. The van der Waals surface area contributed by atoms with Crippen molar-refractivity contribution in [2.45, 2.75) is 19.4 Å². The normalized spacial score (nSPS) is 17.4. The van der Waals surface area contributed by atoms with E-state index < -0.39 is 7.60 Å². The minimum Gasteiger partial charge on any atom is -0.778 e. The molecule has 0 aliphatic heterocycles. The molecule has 0 amide bonds. The molecule has 18 heavy (non-hydrogen) atoms. The smallest absolute Gasteiger partial charge is 0.135 e. The first-order valence-corrected chi connectivity index (χ1v) is 7.97. The average Bonchev–Trinajstić information content (AvgIpc) is 2.21. The molecular formula is C11H27N2O4P. The summed E-state index contributed by atoms with van der Waals surface area (Å²) in [5.41, 5.74) is 5.72. The molecule has 2 atom stereocenters. The van der Waals surface area contributed by atoms with Crippen molar-refractivity contribution in [2.24, 2.45) is 5.73 Å². The summed E-state index contributed by atoms with van der Waals surface area (Å²) >= 11 is 0. The summed E-state index contributed by atoms with van der Waals surface area (Å²) in [6.07, 6.45) is 0.337. The molecule has 0 saturated heterocycles. The zero-order valence-corrected chi connectivity index (χ0v) is 12.8. The van der Waals surface area contributed by atoms with Crippen molar-refractivity contribution >= 4 is 7.60 Å². The van der Waals surface area contributed by atoms with Gasteiger partial charge in [0.05, 0.1) is 27.7 Å². The van der Waals surface area contributed by atoms with Crippen LogP contribution in [0.3, 0.4) is 0 Å². The first kappa shape index (κ1) is 18.0. The van der Waals surface area contributed by atoms with Crippen LogP contribution >= 0.6 is 7.60 Å². The van der Waals surface area contributed by atoms with Crippen molar-refractivity contribution in [1.82, 2.24) is 0 Å². The number of nitrogens with zero attached hydrogens (tertiary/aromatic N) is 1. The van der Waals surface area contributed by atoms with Crippen LogP contribution in [0.2, 0.25) is 0 Å². The predicted octanol–water partition coefficient (Wildman–Crippen LogP) is 0.0165. The van der Waals surface area contributed by atoms with E-state index in [0.717, 1.165) is 0 Å². The summed E-state index contributed by atoms with van der Waals surface area (Å²) in [4.78, 5) is 11.6. The fourth-order valence-corrected chi connectivity index (χ4v) is 2.33. The van der Waals surface area contributed by atoms with Crippen LogP contribution in [0.1, 0.15) is 13.3 Å². The number of quaternary nitrogens is 1. The topological polar surface area (TPSA) is 84.6 Å². The summed E-state index contributed by atoms with van der Waals surface area (Å²) in [5, 5.41) is 0. The molecule has 110 valence electrons. The van der Waals surface area contributed by atoms with E-state index in [1.165, 1.54) is 0 Å². The van der Waals surface area contributed by atoms with Crippen LogP contribution in [-0.2, 0) is 13.8 Å². The van der Waals surface area contributed by atoms with Crippen molar-refractivity contribution < 1.29 is 23.2 Å². The van der Waals surface area contributed by atoms with Gasteiger partial charge in [-0.05, 0) is 13.3 Å². The molecule has 0 aliphatic rings. The maximum absolute atomic E-state index is 11.6. The molecular weight excluding hydrogens is 255 g/mol. The Labute approximate surface area is 110 Å². The molecule has 0 bridgehead atoms. The summed E-state index contributed by atoms with van der Waals surface area (Å²) in [6, 6.07) is -0.255. The Balaban J connectivity index is 3.83. The van der Waals surface area contributed by atoms with Crippen molar-refractivity contribution in [1.29, 1.82) is 0 Å². The van der Waals surface area contributed by atoms with Crippen LogP contribution in [0.25, 0.3) is 0 Å². The first-order chi connectivity index (χ1) is 8.16. The van der Waals surface area contributed by atoms with Gasteiger partial charge in [0.15, 0.2) is 0 Å². The molecule has 0 aliphatic carbocycles. The largest absolute Gasteiger partial charge is 0.778 e. The van der Waals surface area contributed by atoms with Crippen LogP contribution in [0.15, 0.2) is 0 Å². The maximum Gasteiger partial charge on any atom is 0.135 e. The molecule has 0 heterocycles. The number of rotatable bonds is 10. The van der Waals surface area contributed by atoms with E-state index in [-0.39, 0.29) is 18.8 Å². The molecule has 0 radical (unpaired) electrons. The molecule has 0 aromatic rings. The van der Waals surface area contributed by atoms with Crippen molar-refractivity contribution in [3.8, 4) is 0 Å². The minimum absolute atomic E-state index is 0.0294. The molecule has 2 N–H and O–H groups in total. The van der Waals surface area contributed by atoms with Gasteiger partial charge in [-0.1, -0.05) is 0 Å². The fraction of sp³-hybridized carbons (Fsp3) is 1.00. The van der Waals surface area contributed by atoms with Crippen LogP contribution < -0.4 is 10.6 Å². The summed E-state index contributed by atoms with van der Waals surface area (Å²) in [7, 11) is 2.19. The fourth-order valence-electron chi connectivity index (χ4n) is 1.19. The maximum atomic E-state index is 11.6. The van der Waals surface area contributed by atoms with E-state index in [1.807, 2.05) is 28.1 Å². The SMILES string of the molecule is CCOC[C@H](N)CCP(=O)([O-])OCC[N+](C)(C)C. The molecule has 0 saturated carbocycles. The molecule has 7 heteroatoms. The van der Waals surface area contributed by atoms with E-state index in [9.17, 15) is 9.46 Å². The highest BCUT2D eigenvalue weighted by atomic mass is 31.2. The highest BCUT2D eigenvalue weighted by Gasteiger charge is 2.14. The van der Waals surface area contributed by atoms with Gasteiger partial charge in [-0.25, -0.2) is 0 Å². The molecule has 0 spiro atoms. The van der Waals surface area contributed by atoms with Gasteiger partial charge in [-0.3, -0.25) is 0 Å². The number of likely N-dealkylation sites (N-methyl/N-ethyl adjacent to an activating group) is 1. The third-order valence-electron chi connectivity index (χ3n) is 2.36. The molecule has 0 aromatic heterocycles. The van der Waals surface area contributed by atoms with Crippen LogP contribution in [0, 0.1) is 0 Å².